The van der Waals surface area contributed by atoms with E-state index in [9.17, 15) is 0 Å². The molecule has 52 heavy (non-hydrogen) atoms. The molecule has 6 aromatic rings. The van der Waals surface area contributed by atoms with Crippen molar-refractivity contribution in [2.75, 3.05) is 0 Å². The Balaban J connectivity index is 1.42. The van der Waals surface area contributed by atoms with Gasteiger partial charge >= 0.3 is 15.2 Å². The SMILES string of the molecule is C[C@H]1N=P2(Oc3ccccc3)C(N=P(Oc3ccccc3)(Oc3ccccc3)N=P1(Oc1ccccc1)Oc1ccccc1)C2Oc1ccccc1. The third-order valence-corrected chi connectivity index (χ3v) is 17.0. The molecule has 6 aromatic carbocycles. The van der Waals surface area contributed by atoms with E-state index in [1.54, 1.807) is 0 Å². The van der Waals surface area contributed by atoms with E-state index in [0.29, 0.717) is 34.5 Å². The van der Waals surface area contributed by atoms with E-state index in [4.69, 9.17) is 41.4 Å². The van der Waals surface area contributed by atoms with Crippen molar-refractivity contribution in [1.29, 1.82) is 0 Å². The van der Waals surface area contributed by atoms with Gasteiger partial charge in [-0.25, -0.2) is 4.74 Å². The van der Waals surface area contributed by atoms with Crippen molar-refractivity contribution in [2.45, 2.75) is 24.3 Å². The average Bonchev–Trinajstić information content (AvgIpc) is 3.72. The number of benzene rings is 6. The fourth-order valence-corrected chi connectivity index (χ4v) is 15.7. The highest BCUT2D eigenvalue weighted by Gasteiger charge is 2.68. The van der Waals surface area contributed by atoms with Gasteiger partial charge < -0.3 is 27.4 Å². The molecule has 262 valence electrons. The first-order valence-electron chi connectivity index (χ1n) is 16.8. The first-order valence-corrected chi connectivity index (χ1v) is 21.8. The van der Waals surface area contributed by atoms with E-state index in [0.717, 1.165) is 0 Å². The number of rotatable bonds is 12. The minimum atomic E-state index is -3.78. The predicted molar refractivity (Wildman–Crippen MR) is 208 cm³/mol. The Labute approximate surface area is 303 Å². The van der Waals surface area contributed by atoms with Crippen LogP contribution in [0.5, 0.6) is 34.5 Å². The lowest BCUT2D eigenvalue weighted by molar-refractivity contribution is 0.311. The fraction of sp³-hybridized carbons (Fsp3) is 0.100. The van der Waals surface area contributed by atoms with Crippen LogP contribution in [0.25, 0.3) is 0 Å². The molecule has 2 heterocycles. The van der Waals surface area contributed by atoms with Crippen molar-refractivity contribution in [3.63, 3.8) is 0 Å². The van der Waals surface area contributed by atoms with E-state index in [1.807, 2.05) is 189 Å². The standard InChI is InChI=1S/C40H36N3O6P3/c1-32-41-50(45-34-22-10-3-11-23-34)39(40(50)44-33-20-8-2-9-21-33)42-52(48-37-28-16-6-17-29-37,49-38-30-18-7-19-31-38)43-51(32,46-35-24-12-4-13-25-35)47-36-26-14-5-15-27-36/h2-32,39-40H,1H3/t32-,39?,40?,50?/m0/s1. The van der Waals surface area contributed by atoms with E-state index in [2.05, 4.69) is 0 Å². The zero-order chi connectivity index (χ0) is 35.3. The van der Waals surface area contributed by atoms with E-state index < -0.39 is 39.9 Å². The van der Waals surface area contributed by atoms with Crippen LogP contribution in [0.3, 0.4) is 0 Å². The fourth-order valence-electron chi connectivity index (χ4n) is 5.63. The quantitative estimate of drug-likeness (QED) is 0.116. The number of fused-ring (bicyclic) bond motifs is 1. The van der Waals surface area contributed by atoms with Gasteiger partial charge in [-0.2, -0.15) is 4.74 Å². The van der Waals surface area contributed by atoms with Gasteiger partial charge in [0, 0.05) is 0 Å². The van der Waals surface area contributed by atoms with Crippen LogP contribution in [0.15, 0.2) is 196 Å². The summed E-state index contributed by atoms with van der Waals surface area (Å²) in [6.45, 7) is 1.96. The van der Waals surface area contributed by atoms with Crippen molar-refractivity contribution in [3.8, 4) is 34.5 Å². The molecule has 0 spiro atoms. The summed E-state index contributed by atoms with van der Waals surface area (Å²) in [5.74, 6) is 1.63. The Hall–Kier alpha value is -5.19. The monoisotopic (exact) mass is 747 g/mol. The van der Waals surface area contributed by atoms with Crippen LogP contribution in [0.2, 0.25) is 0 Å². The van der Waals surface area contributed by atoms with Crippen molar-refractivity contribution in [2.24, 2.45) is 14.0 Å². The third-order valence-electron chi connectivity index (χ3n) is 8.12. The first-order chi connectivity index (χ1) is 25.5. The molecule has 3 unspecified atom stereocenters. The maximum atomic E-state index is 7.00. The summed E-state index contributed by atoms with van der Waals surface area (Å²) in [5.41, 5.74) is 0. The van der Waals surface area contributed by atoms with Gasteiger partial charge in [0.05, 0.1) is 0 Å². The summed E-state index contributed by atoms with van der Waals surface area (Å²) in [6.07, 6.45) is 0. The Morgan fingerprint density at radius 3 is 1.15 bits per heavy atom. The van der Waals surface area contributed by atoms with Gasteiger partial charge in [0.15, 0.2) is 17.4 Å². The second-order valence-electron chi connectivity index (χ2n) is 11.9. The molecule has 0 amide bonds. The Morgan fingerprint density at radius 1 is 0.404 bits per heavy atom. The van der Waals surface area contributed by atoms with E-state index in [-0.39, 0.29) is 0 Å². The first kappa shape index (κ1) is 33.9. The highest BCUT2D eigenvalue weighted by molar-refractivity contribution is 7.74. The summed E-state index contributed by atoms with van der Waals surface area (Å²) in [5, 5.41) is 0. The second-order valence-corrected chi connectivity index (χ2v) is 19.3. The van der Waals surface area contributed by atoms with Crippen molar-refractivity contribution in [1.82, 2.24) is 0 Å². The van der Waals surface area contributed by atoms with Crippen molar-refractivity contribution < 1.29 is 27.4 Å². The van der Waals surface area contributed by atoms with Crippen LogP contribution >= 0.6 is 22.4 Å². The van der Waals surface area contributed by atoms with Gasteiger partial charge in [0.1, 0.15) is 34.5 Å². The molecule has 1 saturated heterocycles. The Bertz CT molecular complexity index is 2180. The lowest BCUT2D eigenvalue weighted by atomic mass is 10.3. The summed E-state index contributed by atoms with van der Waals surface area (Å²) in [6, 6.07) is 57.1. The second kappa shape index (κ2) is 14.8. The lowest BCUT2D eigenvalue weighted by Gasteiger charge is -2.32. The van der Waals surface area contributed by atoms with Gasteiger partial charge in [0.25, 0.3) is 0 Å². The smallest absolute Gasteiger partial charge is 0.449 e. The highest BCUT2D eigenvalue weighted by atomic mass is 31.2. The Kier molecular flexibility index (Phi) is 9.66. The number of para-hydroxylation sites is 6. The van der Waals surface area contributed by atoms with Crippen LogP contribution in [0.1, 0.15) is 6.92 Å². The van der Waals surface area contributed by atoms with Crippen LogP contribution < -0.4 is 27.4 Å². The molecule has 8 rings (SSSR count). The zero-order valence-electron chi connectivity index (χ0n) is 28.2. The topological polar surface area (TPSA) is 92.5 Å². The molecule has 1 fully saturated rings. The maximum absolute atomic E-state index is 7.00. The molecule has 2 aliphatic heterocycles. The number of nitrogens with zero attached hydrogens (tertiary/aromatic N) is 3. The summed E-state index contributed by atoms with van der Waals surface area (Å²) >= 11 is 0. The molecule has 4 atom stereocenters. The van der Waals surface area contributed by atoms with Crippen LogP contribution in [-0.4, -0.2) is 17.4 Å². The largest absolute Gasteiger partial charge is 0.478 e. The molecule has 12 heteroatoms. The molecular formula is C40H36N3O6P3. The molecule has 0 aromatic heterocycles. The summed E-state index contributed by atoms with van der Waals surface area (Å²) in [4.78, 5) is 0. The molecule has 0 bridgehead atoms. The molecule has 0 radical (unpaired) electrons. The van der Waals surface area contributed by atoms with E-state index in [1.165, 1.54) is 0 Å². The summed E-state index contributed by atoms with van der Waals surface area (Å²) in [7, 11) is -10.4. The zero-order valence-corrected chi connectivity index (χ0v) is 30.9. The number of hydrogen-bond acceptors (Lipinski definition) is 9. The van der Waals surface area contributed by atoms with Crippen LogP contribution in [-0.2, 0) is 0 Å². The molecule has 9 nitrogen and oxygen atoms in total. The van der Waals surface area contributed by atoms with Crippen molar-refractivity contribution in [3.05, 3.63) is 182 Å². The van der Waals surface area contributed by atoms with Crippen LogP contribution in [0, 0.1) is 0 Å². The van der Waals surface area contributed by atoms with Gasteiger partial charge in [0.2, 0.25) is 7.28 Å². The highest BCUT2D eigenvalue weighted by Crippen LogP contribution is 2.83. The number of ether oxygens (including phenoxy) is 1. The van der Waals surface area contributed by atoms with Crippen molar-refractivity contribution >= 4 is 22.4 Å². The average molecular weight is 748 g/mol. The van der Waals surface area contributed by atoms with Gasteiger partial charge in [-0.15, -0.1) is 4.52 Å². The lowest BCUT2D eigenvalue weighted by Crippen LogP contribution is -2.15. The molecule has 0 aliphatic carbocycles. The molecule has 2 aliphatic rings. The Morgan fingerprint density at radius 2 is 0.750 bits per heavy atom. The predicted octanol–water partition coefficient (Wildman–Crippen LogP) is 12.6. The van der Waals surface area contributed by atoms with Gasteiger partial charge in [-0.05, 0) is 79.7 Å². The van der Waals surface area contributed by atoms with Gasteiger partial charge in [-0.3, -0.25) is 0 Å². The summed E-state index contributed by atoms with van der Waals surface area (Å²) < 4.78 is 58.1. The third kappa shape index (κ3) is 7.40. The normalized spacial score (nSPS) is 22.2. The minimum Gasteiger partial charge on any atom is -0.478 e. The molecular weight excluding hydrogens is 711 g/mol. The van der Waals surface area contributed by atoms with Gasteiger partial charge in [-0.1, -0.05) is 109 Å². The van der Waals surface area contributed by atoms with Crippen LogP contribution in [0.4, 0.5) is 0 Å². The molecule has 0 N–H and O–H groups in total. The van der Waals surface area contributed by atoms with E-state index >= 15 is 0 Å². The maximum Gasteiger partial charge on any atom is 0.449 e. The minimum absolute atomic E-state index is 0.524. The molecule has 0 saturated carbocycles. The number of hydrogen-bond donors (Lipinski definition) is 0.